The molecule has 5 nitrogen and oxygen atoms in total. The summed E-state index contributed by atoms with van der Waals surface area (Å²) in [7, 11) is 2.10. The zero-order valence-corrected chi connectivity index (χ0v) is 14.9. The molecular formula is C19H25FN4O. The number of likely N-dealkylation sites (N-methyl/N-ethyl adjacent to an activating group) is 1. The van der Waals surface area contributed by atoms with Crippen molar-refractivity contribution in [1.82, 2.24) is 15.1 Å². The highest BCUT2D eigenvalue weighted by Crippen LogP contribution is 2.41. The molecule has 134 valence electrons. The third-order valence-electron chi connectivity index (χ3n) is 5.16. The molecule has 6 heteroatoms. The van der Waals surface area contributed by atoms with Crippen LogP contribution in [0.15, 0.2) is 28.7 Å². The van der Waals surface area contributed by atoms with Crippen LogP contribution in [0.5, 0.6) is 0 Å². The van der Waals surface area contributed by atoms with Gasteiger partial charge in [-0.15, -0.1) is 5.10 Å². The van der Waals surface area contributed by atoms with Crippen LogP contribution < -0.4 is 4.90 Å². The molecule has 1 aliphatic heterocycles. The molecule has 1 aromatic heterocycles. The molecule has 0 radical (unpaired) electrons. The van der Waals surface area contributed by atoms with Crippen LogP contribution in [-0.4, -0.2) is 47.4 Å². The number of hydrogen-bond donors (Lipinski definition) is 0. The molecule has 2 fully saturated rings. The number of alkyl halides is 1. The SMILES string of the molecule is Cc1nnc(N2C[C@@H](F)C[C@H]2CN(C)Cc2ccccc2C2CC2)o1. The van der Waals surface area contributed by atoms with Crippen molar-refractivity contribution in [2.24, 2.45) is 0 Å². The van der Waals surface area contributed by atoms with Crippen LogP contribution in [-0.2, 0) is 6.54 Å². The molecule has 0 spiro atoms. The fourth-order valence-corrected chi connectivity index (χ4v) is 3.85. The Labute approximate surface area is 147 Å². The molecule has 2 aromatic rings. The number of rotatable bonds is 6. The van der Waals surface area contributed by atoms with Crippen molar-refractivity contribution in [3.63, 3.8) is 0 Å². The van der Waals surface area contributed by atoms with Crippen molar-refractivity contribution in [3.05, 3.63) is 41.3 Å². The molecule has 0 N–H and O–H groups in total. The van der Waals surface area contributed by atoms with E-state index in [1.807, 2.05) is 4.90 Å². The number of hydrogen-bond acceptors (Lipinski definition) is 5. The summed E-state index contributed by atoms with van der Waals surface area (Å²) in [5, 5.41) is 7.95. The van der Waals surface area contributed by atoms with Gasteiger partial charge in [0.05, 0.1) is 6.54 Å². The maximum atomic E-state index is 14.0. The highest BCUT2D eigenvalue weighted by atomic mass is 19.1. The number of anilines is 1. The molecule has 1 saturated carbocycles. The molecule has 4 rings (SSSR count). The second-order valence-electron chi connectivity index (χ2n) is 7.41. The molecule has 1 aliphatic carbocycles. The Kier molecular flexibility index (Phi) is 4.46. The molecule has 0 unspecified atom stereocenters. The fraction of sp³-hybridized carbons (Fsp3) is 0.579. The van der Waals surface area contributed by atoms with Crippen molar-refractivity contribution in [2.45, 2.75) is 50.9 Å². The standard InChI is InChI=1S/C19H25FN4O/c1-13-21-22-19(25-13)24-11-16(20)9-17(24)12-23(2)10-15-5-3-4-6-18(15)14-7-8-14/h3-6,14,16-17H,7-12H2,1-2H3/t16-,17-/m0/s1. The normalized spacial score (nSPS) is 23.6. The molecule has 25 heavy (non-hydrogen) atoms. The number of halogens is 1. The minimum absolute atomic E-state index is 0.0629. The second-order valence-corrected chi connectivity index (χ2v) is 7.41. The minimum Gasteiger partial charge on any atom is -0.408 e. The number of nitrogens with zero attached hydrogens (tertiary/aromatic N) is 4. The van der Waals surface area contributed by atoms with Crippen molar-refractivity contribution in [3.8, 4) is 0 Å². The molecule has 1 aromatic carbocycles. The van der Waals surface area contributed by atoms with Crippen LogP contribution in [0.25, 0.3) is 0 Å². The van der Waals surface area contributed by atoms with E-state index in [0.717, 1.165) is 19.0 Å². The summed E-state index contributed by atoms with van der Waals surface area (Å²) < 4.78 is 19.5. The van der Waals surface area contributed by atoms with Gasteiger partial charge in [-0.2, -0.15) is 0 Å². The summed E-state index contributed by atoms with van der Waals surface area (Å²) >= 11 is 0. The van der Waals surface area contributed by atoms with Crippen LogP contribution in [0.1, 0.15) is 42.2 Å². The number of benzene rings is 1. The van der Waals surface area contributed by atoms with Crippen LogP contribution >= 0.6 is 0 Å². The predicted molar refractivity (Wildman–Crippen MR) is 94.4 cm³/mol. The van der Waals surface area contributed by atoms with Gasteiger partial charge in [-0.25, -0.2) is 4.39 Å². The first-order valence-corrected chi connectivity index (χ1v) is 9.07. The third-order valence-corrected chi connectivity index (χ3v) is 5.16. The van der Waals surface area contributed by atoms with Gasteiger partial charge in [-0.3, -0.25) is 0 Å². The van der Waals surface area contributed by atoms with Crippen molar-refractivity contribution < 1.29 is 8.81 Å². The van der Waals surface area contributed by atoms with Crippen molar-refractivity contribution >= 4 is 6.01 Å². The van der Waals surface area contributed by atoms with Gasteiger partial charge in [0.1, 0.15) is 6.17 Å². The van der Waals surface area contributed by atoms with E-state index < -0.39 is 6.17 Å². The van der Waals surface area contributed by atoms with Crippen LogP contribution in [0.2, 0.25) is 0 Å². The Balaban J connectivity index is 1.43. The summed E-state index contributed by atoms with van der Waals surface area (Å²) in [6.45, 7) is 3.76. The predicted octanol–water partition coefficient (Wildman–Crippen LogP) is 3.30. The van der Waals surface area contributed by atoms with Gasteiger partial charge in [0, 0.05) is 32.5 Å². The van der Waals surface area contributed by atoms with Crippen molar-refractivity contribution in [1.29, 1.82) is 0 Å². The third kappa shape index (κ3) is 3.68. The largest absolute Gasteiger partial charge is 0.408 e. The van der Waals surface area contributed by atoms with Gasteiger partial charge in [-0.05, 0) is 36.9 Å². The van der Waals surface area contributed by atoms with Crippen LogP contribution in [0.3, 0.4) is 0 Å². The average molecular weight is 344 g/mol. The van der Waals surface area contributed by atoms with E-state index in [1.165, 1.54) is 24.0 Å². The first-order chi connectivity index (χ1) is 12.1. The molecule has 2 aliphatic rings. The topological polar surface area (TPSA) is 45.4 Å². The van der Waals surface area contributed by atoms with Gasteiger partial charge in [-0.1, -0.05) is 29.4 Å². The zero-order valence-electron chi connectivity index (χ0n) is 14.9. The van der Waals surface area contributed by atoms with Crippen LogP contribution in [0, 0.1) is 6.92 Å². The highest BCUT2D eigenvalue weighted by Gasteiger charge is 2.36. The van der Waals surface area contributed by atoms with Gasteiger partial charge in [0.2, 0.25) is 5.89 Å². The van der Waals surface area contributed by atoms with Crippen LogP contribution in [0.4, 0.5) is 10.4 Å². The lowest BCUT2D eigenvalue weighted by Crippen LogP contribution is -2.39. The van der Waals surface area contributed by atoms with E-state index >= 15 is 0 Å². The van der Waals surface area contributed by atoms with E-state index in [4.69, 9.17) is 4.42 Å². The highest BCUT2D eigenvalue weighted by molar-refractivity contribution is 5.33. The average Bonchev–Trinajstić information content (AvgIpc) is 3.23. The van der Waals surface area contributed by atoms with E-state index in [2.05, 4.69) is 46.4 Å². The Morgan fingerprint density at radius 3 is 2.80 bits per heavy atom. The monoisotopic (exact) mass is 344 g/mol. The molecule has 0 bridgehead atoms. The summed E-state index contributed by atoms with van der Waals surface area (Å²) in [6.07, 6.45) is 2.27. The van der Waals surface area contributed by atoms with Crippen molar-refractivity contribution in [2.75, 3.05) is 25.0 Å². The van der Waals surface area contributed by atoms with E-state index in [9.17, 15) is 4.39 Å². The summed E-state index contributed by atoms with van der Waals surface area (Å²) in [4.78, 5) is 4.20. The first kappa shape index (κ1) is 16.5. The molecular weight excluding hydrogens is 319 g/mol. The lowest BCUT2D eigenvalue weighted by atomic mass is 10.0. The van der Waals surface area contributed by atoms with E-state index in [0.29, 0.717) is 24.9 Å². The Hall–Kier alpha value is -1.95. The Bertz CT molecular complexity index is 730. The number of aromatic nitrogens is 2. The Morgan fingerprint density at radius 1 is 1.28 bits per heavy atom. The Morgan fingerprint density at radius 2 is 2.08 bits per heavy atom. The lowest BCUT2D eigenvalue weighted by molar-refractivity contribution is 0.287. The van der Waals surface area contributed by atoms with Gasteiger partial charge >= 0.3 is 6.01 Å². The minimum atomic E-state index is -0.843. The maximum absolute atomic E-state index is 14.0. The molecule has 2 heterocycles. The lowest BCUT2D eigenvalue weighted by Gasteiger charge is -2.27. The first-order valence-electron chi connectivity index (χ1n) is 9.07. The summed E-state index contributed by atoms with van der Waals surface area (Å²) in [5.74, 6) is 1.26. The summed E-state index contributed by atoms with van der Waals surface area (Å²) in [5.41, 5.74) is 2.87. The van der Waals surface area contributed by atoms with Gasteiger partial charge < -0.3 is 14.2 Å². The smallest absolute Gasteiger partial charge is 0.318 e. The maximum Gasteiger partial charge on any atom is 0.318 e. The summed E-state index contributed by atoms with van der Waals surface area (Å²) in [6, 6.07) is 9.21. The molecule has 1 saturated heterocycles. The number of aryl methyl sites for hydroxylation is 1. The molecule has 0 amide bonds. The quantitative estimate of drug-likeness (QED) is 0.804. The second kappa shape index (κ2) is 6.75. The van der Waals surface area contributed by atoms with E-state index in [1.54, 1.807) is 6.92 Å². The zero-order chi connectivity index (χ0) is 17.4. The molecule has 2 atom stereocenters. The van der Waals surface area contributed by atoms with Gasteiger partial charge in [0.15, 0.2) is 0 Å². The fourth-order valence-electron chi connectivity index (χ4n) is 3.85. The van der Waals surface area contributed by atoms with E-state index in [-0.39, 0.29) is 6.04 Å². The van der Waals surface area contributed by atoms with Gasteiger partial charge in [0.25, 0.3) is 0 Å².